The van der Waals surface area contributed by atoms with Crippen molar-refractivity contribution < 1.29 is 4.79 Å². The number of benzene rings is 1. The van der Waals surface area contributed by atoms with E-state index in [9.17, 15) is 4.79 Å². The largest absolute Gasteiger partial charge is 0.338 e. The van der Waals surface area contributed by atoms with Crippen LogP contribution in [0.4, 0.5) is 4.79 Å². The smallest absolute Gasteiger partial charge is 0.317 e. The van der Waals surface area contributed by atoms with Crippen molar-refractivity contribution in [1.82, 2.24) is 10.2 Å². The molecule has 0 bridgehead atoms. The first-order chi connectivity index (χ1) is 10.1. The van der Waals surface area contributed by atoms with E-state index in [2.05, 4.69) is 49.5 Å². The van der Waals surface area contributed by atoms with Crippen LogP contribution in [0.25, 0.3) is 0 Å². The number of nitrogens with one attached hydrogen (secondary N) is 1. The van der Waals surface area contributed by atoms with Crippen molar-refractivity contribution in [2.24, 2.45) is 11.8 Å². The molecule has 1 N–H and O–H groups in total. The number of piperidine rings is 1. The topological polar surface area (TPSA) is 32.3 Å². The Morgan fingerprint density at radius 1 is 1.24 bits per heavy atom. The van der Waals surface area contributed by atoms with Gasteiger partial charge in [0, 0.05) is 19.6 Å². The molecule has 1 heterocycles. The quantitative estimate of drug-likeness (QED) is 0.880. The first-order valence-corrected chi connectivity index (χ1v) is 8.22. The van der Waals surface area contributed by atoms with E-state index >= 15 is 0 Å². The molecule has 116 valence electrons. The van der Waals surface area contributed by atoms with Crippen LogP contribution in [0.1, 0.15) is 38.7 Å². The lowest BCUT2D eigenvalue weighted by Crippen LogP contribution is -2.45. The molecule has 1 aromatic carbocycles. The van der Waals surface area contributed by atoms with Gasteiger partial charge in [-0.15, -0.1) is 0 Å². The Morgan fingerprint density at radius 2 is 1.90 bits per heavy atom. The van der Waals surface area contributed by atoms with Crippen molar-refractivity contribution in [1.29, 1.82) is 0 Å². The summed E-state index contributed by atoms with van der Waals surface area (Å²) in [6.07, 6.45) is 4.43. The summed E-state index contributed by atoms with van der Waals surface area (Å²) >= 11 is 0. The molecule has 0 spiro atoms. The molecule has 0 aromatic heterocycles. The van der Waals surface area contributed by atoms with Gasteiger partial charge in [0.2, 0.25) is 0 Å². The van der Waals surface area contributed by atoms with Gasteiger partial charge in [0.05, 0.1) is 0 Å². The van der Waals surface area contributed by atoms with Crippen molar-refractivity contribution in [3.05, 3.63) is 35.9 Å². The monoisotopic (exact) mass is 288 g/mol. The number of amides is 2. The van der Waals surface area contributed by atoms with Gasteiger partial charge in [0.15, 0.2) is 0 Å². The summed E-state index contributed by atoms with van der Waals surface area (Å²) in [5.41, 5.74) is 1.41. The molecular weight excluding hydrogens is 260 g/mol. The van der Waals surface area contributed by atoms with Crippen LogP contribution in [0, 0.1) is 11.8 Å². The van der Waals surface area contributed by atoms with Gasteiger partial charge >= 0.3 is 6.03 Å². The lowest BCUT2D eigenvalue weighted by molar-refractivity contribution is 0.170. The Bertz CT molecular complexity index is 422. The summed E-state index contributed by atoms with van der Waals surface area (Å²) in [5.74, 6) is 1.36. The number of hydrogen-bond donors (Lipinski definition) is 1. The van der Waals surface area contributed by atoms with Crippen LogP contribution < -0.4 is 5.32 Å². The fourth-order valence-corrected chi connectivity index (χ4v) is 2.87. The van der Waals surface area contributed by atoms with Crippen LogP contribution in [0.3, 0.4) is 0 Å². The highest BCUT2D eigenvalue weighted by atomic mass is 16.2. The van der Waals surface area contributed by atoms with Crippen LogP contribution in [-0.4, -0.2) is 30.6 Å². The summed E-state index contributed by atoms with van der Waals surface area (Å²) < 4.78 is 0. The molecule has 1 aliphatic heterocycles. The average Bonchev–Trinajstić information content (AvgIpc) is 2.48. The van der Waals surface area contributed by atoms with E-state index < -0.39 is 0 Å². The molecular formula is C18H28N2O. The number of nitrogens with zero attached hydrogens (tertiary/aromatic N) is 1. The molecule has 0 saturated carbocycles. The number of carbonyl (C=O) groups is 1. The Kier molecular flexibility index (Phi) is 6.09. The number of carbonyl (C=O) groups excluding carboxylic acids is 1. The first-order valence-electron chi connectivity index (χ1n) is 8.22. The second-order valence-corrected chi connectivity index (χ2v) is 6.53. The molecule has 3 nitrogen and oxygen atoms in total. The second kappa shape index (κ2) is 8.06. The maximum Gasteiger partial charge on any atom is 0.317 e. The molecule has 0 radical (unpaired) electrons. The second-order valence-electron chi connectivity index (χ2n) is 6.53. The third-order valence-electron chi connectivity index (χ3n) is 4.27. The third kappa shape index (κ3) is 5.41. The average molecular weight is 288 g/mol. The minimum Gasteiger partial charge on any atom is -0.338 e. The maximum absolute atomic E-state index is 12.1. The van der Waals surface area contributed by atoms with Gasteiger partial charge in [-0.2, -0.15) is 0 Å². The summed E-state index contributed by atoms with van der Waals surface area (Å²) in [5, 5.41) is 3.04. The lowest BCUT2D eigenvalue weighted by Gasteiger charge is -2.32. The van der Waals surface area contributed by atoms with E-state index in [4.69, 9.17) is 0 Å². The number of urea groups is 1. The Balaban J connectivity index is 1.69. The summed E-state index contributed by atoms with van der Waals surface area (Å²) in [6.45, 7) is 6.94. The molecule has 0 aliphatic carbocycles. The fourth-order valence-electron chi connectivity index (χ4n) is 2.87. The van der Waals surface area contributed by atoms with Gasteiger partial charge < -0.3 is 10.2 Å². The van der Waals surface area contributed by atoms with Crippen molar-refractivity contribution >= 4 is 6.03 Å². The first kappa shape index (κ1) is 15.9. The number of rotatable bonds is 5. The molecule has 1 aromatic rings. The SMILES string of the molecule is CC(C)CCNC(=O)N1CCC(Cc2ccccc2)CC1. The zero-order valence-corrected chi connectivity index (χ0v) is 13.3. The van der Waals surface area contributed by atoms with Crippen LogP contribution in [0.5, 0.6) is 0 Å². The van der Waals surface area contributed by atoms with Crippen molar-refractivity contribution in [3.8, 4) is 0 Å². The molecule has 0 unspecified atom stereocenters. The molecule has 1 saturated heterocycles. The minimum atomic E-state index is 0.119. The zero-order chi connectivity index (χ0) is 15.1. The van der Waals surface area contributed by atoms with E-state index in [1.807, 2.05) is 4.90 Å². The van der Waals surface area contributed by atoms with E-state index in [0.29, 0.717) is 11.8 Å². The highest BCUT2D eigenvalue weighted by Crippen LogP contribution is 2.21. The van der Waals surface area contributed by atoms with E-state index in [1.54, 1.807) is 0 Å². The third-order valence-corrected chi connectivity index (χ3v) is 4.27. The van der Waals surface area contributed by atoms with Gasteiger partial charge in [-0.05, 0) is 43.1 Å². The van der Waals surface area contributed by atoms with Gasteiger partial charge in [0.1, 0.15) is 0 Å². The Hall–Kier alpha value is -1.51. The van der Waals surface area contributed by atoms with Crippen LogP contribution >= 0.6 is 0 Å². The van der Waals surface area contributed by atoms with Crippen molar-refractivity contribution in [2.45, 2.75) is 39.5 Å². The highest BCUT2D eigenvalue weighted by Gasteiger charge is 2.22. The summed E-state index contributed by atoms with van der Waals surface area (Å²) in [4.78, 5) is 14.0. The lowest BCUT2D eigenvalue weighted by atomic mass is 9.90. The van der Waals surface area contributed by atoms with Gasteiger partial charge in [-0.1, -0.05) is 44.2 Å². The molecule has 0 atom stereocenters. The molecule has 2 amide bonds. The summed E-state index contributed by atoms with van der Waals surface area (Å²) in [6, 6.07) is 10.8. The molecule has 3 heteroatoms. The predicted molar refractivity (Wildman–Crippen MR) is 87.3 cm³/mol. The van der Waals surface area contributed by atoms with E-state index in [1.165, 1.54) is 5.56 Å². The molecule has 1 aliphatic rings. The Morgan fingerprint density at radius 3 is 2.52 bits per heavy atom. The minimum absolute atomic E-state index is 0.119. The number of hydrogen-bond acceptors (Lipinski definition) is 1. The summed E-state index contributed by atoms with van der Waals surface area (Å²) in [7, 11) is 0. The van der Waals surface area contributed by atoms with Crippen molar-refractivity contribution in [2.75, 3.05) is 19.6 Å². The van der Waals surface area contributed by atoms with Crippen LogP contribution in [0.15, 0.2) is 30.3 Å². The highest BCUT2D eigenvalue weighted by molar-refractivity contribution is 5.74. The predicted octanol–water partition coefficient (Wildman–Crippen LogP) is 3.70. The zero-order valence-electron chi connectivity index (χ0n) is 13.3. The van der Waals surface area contributed by atoms with E-state index in [-0.39, 0.29) is 6.03 Å². The Labute approximate surface area is 128 Å². The standard InChI is InChI=1S/C18H28N2O/c1-15(2)8-11-19-18(21)20-12-9-17(10-13-20)14-16-6-4-3-5-7-16/h3-7,15,17H,8-14H2,1-2H3,(H,19,21). The van der Waals surface area contributed by atoms with Gasteiger partial charge in [0.25, 0.3) is 0 Å². The maximum atomic E-state index is 12.1. The molecule has 1 fully saturated rings. The van der Waals surface area contributed by atoms with Gasteiger partial charge in [-0.25, -0.2) is 4.79 Å². The number of likely N-dealkylation sites (tertiary alicyclic amines) is 1. The molecule has 21 heavy (non-hydrogen) atoms. The normalized spacial score (nSPS) is 16.2. The van der Waals surface area contributed by atoms with Crippen LogP contribution in [0.2, 0.25) is 0 Å². The molecule has 2 rings (SSSR count). The van der Waals surface area contributed by atoms with Crippen molar-refractivity contribution in [3.63, 3.8) is 0 Å². The van der Waals surface area contributed by atoms with Gasteiger partial charge in [-0.3, -0.25) is 0 Å². The van der Waals surface area contributed by atoms with E-state index in [0.717, 1.165) is 45.3 Å². The fraction of sp³-hybridized carbons (Fsp3) is 0.611. The van der Waals surface area contributed by atoms with Crippen LogP contribution in [-0.2, 0) is 6.42 Å².